The third-order valence-electron chi connectivity index (χ3n) is 3.52. The number of nitrogens with two attached hydrogens (primary N) is 1. The number of carbonyl (C=O) groups is 1. The standard InChI is InChI=1S/C15H15BrN2OS/c16-14-6-5-12(20-14)7-13(17)15(19)18-8-10-3-1-2-4-11(10)9-18/h1-6,13H,7-9,17H2. The number of thiophene rings is 1. The van der Waals surface area contributed by atoms with Crippen molar-refractivity contribution in [1.29, 1.82) is 0 Å². The van der Waals surface area contributed by atoms with Crippen molar-refractivity contribution in [2.45, 2.75) is 25.6 Å². The molecule has 0 radical (unpaired) electrons. The number of halogens is 1. The van der Waals surface area contributed by atoms with E-state index < -0.39 is 6.04 Å². The smallest absolute Gasteiger partial charge is 0.240 e. The zero-order valence-electron chi connectivity index (χ0n) is 10.9. The molecule has 0 saturated heterocycles. The SMILES string of the molecule is NC(Cc1ccc(Br)s1)C(=O)N1Cc2ccccc2C1. The van der Waals surface area contributed by atoms with Gasteiger partial charge in [-0.3, -0.25) is 4.79 Å². The molecule has 3 rings (SSSR count). The zero-order chi connectivity index (χ0) is 14.1. The molecule has 5 heteroatoms. The lowest BCUT2D eigenvalue weighted by molar-refractivity contribution is -0.133. The summed E-state index contributed by atoms with van der Waals surface area (Å²) in [6.07, 6.45) is 0.599. The Morgan fingerprint density at radius 2 is 1.90 bits per heavy atom. The monoisotopic (exact) mass is 350 g/mol. The molecule has 2 aromatic rings. The van der Waals surface area contributed by atoms with Gasteiger partial charge >= 0.3 is 0 Å². The Kier molecular flexibility index (Phi) is 3.92. The highest BCUT2D eigenvalue weighted by Crippen LogP contribution is 2.25. The lowest BCUT2D eigenvalue weighted by atomic mass is 10.1. The van der Waals surface area contributed by atoms with Crippen LogP contribution in [0.1, 0.15) is 16.0 Å². The summed E-state index contributed by atoms with van der Waals surface area (Å²) in [6.45, 7) is 1.35. The molecule has 1 aromatic carbocycles. The Morgan fingerprint density at radius 1 is 1.25 bits per heavy atom. The first kappa shape index (κ1) is 13.8. The normalized spacial score (nSPS) is 15.2. The van der Waals surface area contributed by atoms with Crippen molar-refractivity contribution < 1.29 is 4.79 Å². The van der Waals surface area contributed by atoms with Crippen molar-refractivity contribution in [3.05, 3.63) is 56.2 Å². The third-order valence-corrected chi connectivity index (χ3v) is 5.17. The van der Waals surface area contributed by atoms with Crippen molar-refractivity contribution in [2.75, 3.05) is 0 Å². The molecule has 0 saturated carbocycles. The minimum atomic E-state index is -0.463. The van der Waals surface area contributed by atoms with Gasteiger partial charge in [0.1, 0.15) is 0 Å². The van der Waals surface area contributed by atoms with Gasteiger partial charge in [0.05, 0.1) is 9.83 Å². The Hall–Kier alpha value is -1.17. The average Bonchev–Trinajstić information content (AvgIpc) is 3.03. The predicted octanol–water partition coefficient (Wildman–Crippen LogP) is 2.92. The van der Waals surface area contributed by atoms with E-state index in [0.717, 1.165) is 8.66 Å². The molecule has 0 fully saturated rings. The zero-order valence-corrected chi connectivity index (χ0v) is 13.3. The average molecular weight is 351 g/mol. The number of benzene rings is 1. The quantitative estimate of drug-likeness (QED) is 0.924. The van der Waals surface area contributed by atoms with Crippen LogP contribution < -0.4 is 5.73 Å². The molecule has 0 bridgehead atoms. The highest BCUT2D eigenvalue weighted by molar-refractivity contribution is 9.11. The lowest BCUT2D eigenvalue weighted by Gasteiger charge is -2.19. The molecule has 1 aliphatic heterocycles. The molecule has 0 aliphatic carbocycles. The van der Waals surface area contributed by atoms with Crippen LogP contribution in [0.15, 0.2) is 40.2 Å². The summed E-state index contributed by atoms with van der Waals surface area (Å²) in [4.78, 5) is 15.4. The highest BCUT2D eigenvalue weighted by Gasteiger charge is 2.27. The minimum absolute atomic E-state index is 0.0331. The maximum absolute atomic E-state index is 12.4. The first-order chi connectivity index (χ1) is 9.63. The van der Waals surface area contributed by atoms with Crippen molar-refractivity contribution in [3.63, 3.8) is 0 Å². The summed E-state index contributed by atoms with van der Waals surface area (Å²) >= 11 is 5.06. The number of fused-ring (bicyclic) bond motifs is 1. The fraction of sp³-hybridized carbons (Fsp3) is 0.267. The van der Waals surface area contributed by atoms with Gasteiger partial charge in [0.2, 0.25) is 5.91 Å². The Morgan fingerprint density at radius 3 is 2.45 bits per heavy atom. The Bertz CT molecular complexity index is 615. The van der Waals surface area contributed by atoms with Crippen LogP contribution in [0, 0.1) is 0 Å². The molecule has 1 aromatic heterocycles. The van der Waals surface area contributed by atoms with E-state index in [0.29, 0.717) is 19.5 Å². The second-order valence-electron chi connectivity index (χ2n) is 4.98. The summed E-state index contributed by atoms with van der Waals surface area (Å²) in [7, 11) is 0. The van der Waals surface area contributed by atoms with E-state index in [9.17, 15) is 4.79 Å². The van der Waals surface area contributed by atoms with E-state index in [1.54, 1.807) is 11.3 Å². The number of rotatable bonds is 3. The van der Waals surface area contributed by atoms with Gasteiger partial charge in [0.15, 0.2) is 0 Å². The number of carbonyl (C=O) groups excluding carboxylic acids is 1. The maximum Gasteiger partial charge on any atom is 0.240 e. The van der Waals surface area contributed by atoms with E-state index in [2.05, 4.69) is 28.1 Å². The summed E-state index contributed by atoms with van der Waals surface area (Å²) in [6, 6.07) is 11.7. The number of nitrogens with zero attached hydrogens (tertiary/aromatic N) is 1. The Labute approximate surface area is 130 Å². The second kappa shape index (κ2) is 5.68. The molecule has 1 amide bonds. The number of amides is 1. The van der Waals surface area contributed by atoms with Crippen LogP contribution in [0.5, 0.6) is 0 Å². The molecule has 0 spiro atoms. The molecule has 2 N–H and O–H groups in total. The van der Waals surface area contributed by atoms with E-state index in [4.69, 9.17) is 5.73 Å². The van der Waals surface area contributed by atoms with Crippen LogP contribution in [0.4, 0.5) is 0 Å². The van der Waals surface area contributed by atoms with Gasteiger partial charge < -0.3 is 10.6 Å². The largest absolute Gasteiger partial charge is 0.333 e. The van der Waals surface area contributed by atoms with Gasteiger partial charge in [-0.25, -0.2) is 0 Å². The van der Waals surface area contributed by atoms with Crippen LogP contribution in [-0.4, -0.2) is 16.8 Å². The van der Waals surface area contributed by atoms with E-state index in [1.165, 1.54) is 11.1 Å². The molecule has 1 unspecified atom stereocenters. The minimum Gasteiger partial charge on any atom is -0.333 e. The fourth-order valence-corrected chi connectivity index (χ4v) is 4.03. The molecule has 2 heterocycles. The van der Waals surface area contributed by atoms with Crippen LogP contribution in [-0.2, 0) is 24.3 Å². The lowest BCUT2D eigenvalue weighted by Crippen LogP contribution is -2.42. The topological polar surface area (TPSA) is 46.3 Å². The van der Waals surface area contributed by atoms with Gasteiger partial charge in [0, 0.05) is 24.4 Å². The van der Waals surface area contributed by atoms with E-state index >= 15 is 0 Å². The molecular weight excluding hydrogens is 336 g/mol. The second-order valence-corrected chi connectivity index (χ2v) is 7.53. The fourth-order valence-electron chi connectivity index (χ4n) is 2.49. The first-order valence-electron chi connectivity index (χ1n) is 6.49. The van der Waals surface area contributed by atoms with Crippen molar-refractivity contribution in [2.24, 2.45) is 5.73 Å². The van der Waals surface area contributed by atoms with E-state index in [-0.39, 0.29) is 5.91 Å². The Balaban J connectivity index is 1.65. The molecule has 1 aliphatic rings. The summed E-state index contributed by atoms with van der Waals surface area (Å²) in [5.41, 5.74) is 8.53. The molecule has 20 heavy (non-hydrogen) atoms. The molecule has 104 valence electrons. The van der Waals surface area contributed by atoms with E-state index in [1.807, 2.05) is 29.2 Å². The highest BCUT2D eigenvalue weighted by atomic mass is 79.9. The van der Waals surface area contributed by atoms with Crippen LogP contribution >= 0.6 is 27.3 Å². The van der Waals surface area contributed by atoms with Gasteiger partial charge in [0.25, 0.3) is 0 Å². The third kappa shape index (κ3) is 2.80. The van der Waals surface area contributed by atoms with Crippen molar-refractivity contribution >= 4 is 33.2 Å². The molecular formula is C15H15BrN2OS. The predicted molar refractivity (Wildman–Crippen MR) is 84.4 cm³/mol. The van der Waals surface area contributed by atoms with Gasteiger partial charge in [-0.05, 0) is 39.2 Å². The number of hydrogen-bond acceptors (Lipinski definition) is 3. The van der Waals surface area contributed by atoms with Crippen molar-refractivity contribution in [1.82, 2.24) is 4.90 Å². The van der Waals surface area contributed by atoms with Gasteiger partial charge in [-0.2, -0.15) is 0 Å². The first-order valence-corrected chi connectivity index (χ1v) is 8.10. The summed E-state index contributed by atoms with van der Waals surface area (Å²) in [5, 5.41) is 0. The van der Waals surface area contributed by atoms with Crippen molar-refractivity contribution in [3.8, 4) is 0 Å². The van der Waals surface area contributed by atoms with Gasteiger partial charge in [-0.1, -0.05) is 24.3 Å². The van der Waals surface area contributed by atoms with Crippen LogP contribution in [0.2, 0.25) is 0 Å². The number of hydrogen-bond donors (Lipinski definition) is 1. The van der Waals surface area contributed by atoms with Gasteiger partial charge in [-0.15, -0.1) is 11.3 Å². The van der Waals surface area contributed by atoms with Crippen LogP contribution in [0.3, 0.4) is 0 Å². The molecule has 1 atom stereocenters. The summed E-state index contributed by atoms with van der Waals surface area (Å²) in [5.74, 6) is 0.0331. The van der Waals surface area contributed by atoms with Crippen LogP contribution in [0.25, 0.3) is 0 Å². The molecule has 3 nitrogen and oxygen atoms in total. The maximum atomic E-state index is 12.4. The summed E-state index contributed by atoms with van der Waals surface area (Å²) < 4.78 is 1.07.